The van der Waals surface area contributed by atoms with E-state index in [0.717, 1.165) is 35.6 Å². The molecule has 1 aliphatic heterocycles. The van der Waals surface area contributed by atoms with Crippen molar-refractivity contribution >= 4 is 17.5 Å². The minimum Gasteiger partial charge on any atom is -0.464 e. The highest BCUT2D eigenvalue weighted by molar-refractivity contribution is 6.01. The lowest BCUT2D eigenvalue weighted by Crippen LogP contribution is -2.39. The first-order valence-corrected chi connectivity index (χ1v) is 9.88. The second kappa shape index (κ2) is 6.25. The van der Waals surface area contributed by atoms with Gasteiger partial charge in [-0.3, -0.25) is 9.59 Å². The Kier molecular flexibility index (Phi) is 3.85. The molecule has 2 aromatic rings. The molecule has 140 valence electrons. The van der Waals surface area contributed by atoms with Crippen LogP contribution < -0.4 is 5.32 Å². The zero-order valence-corrected chi connectivity index (χ0v) is 15.5. The Morgan fingerprint density at radius 3 is 2.74 bits per heavy atom. The Morgan fingerprint density at radius 2 is 2.00 bits per heavy atom. The van der Waals surface area contributed by atoms with Gasteiger partial charge in [-0.25, -0.2) is 0 Å². The molecular weight excluding hydrogens is 340 g/mol. The Labute approximate surface area is 158 Å². The van der Waals surface area contributed by atoms with Crippen LogP contribution in [0.15, 0.2) is 40.8 Å². The predicted octanol–water partition coefficient (Wildman–Crippen LogP) is 4.02. The quantitative estimate of drug-likeness (QED) is 0.872. The summed E-state index contributed by atoms with van der Waals surface area (Å²) in [7, 11) is 0. The Bertz CT molecular complexity index is 898. The Hall–Kier alpha value is -2.56. The molecule has 2 saturated carbocycles. The fourth-order valence-electron chi connectivity index (χ4n) is 4.17. The third-order valence-electron chi connectivity index (χ3n) is 6.05. The van der Waals surface area contributed by atoms with Crippen LogP contribution in [0.1, 0.15) is 61.5 Å². The zero-order valence-electron chi connectivity index (χ0n) is 15.5. The van der Waals surface area contributed by atoms with Gasteiger partial charge in [0.2, 0.25) is 11.8 Å². The van der Waals surface area contributed by atoms with Gasteiger partial charge in [-0.05, 0) is 48.9 Å². The molecule has 2 aliphatic carbocycles. The molecule has 27 heavy (non-hydrogen) atoms. The number of para-hydroxylation sites is 1. The van der Waals surface area contributed by atoms with Gasteiger partial charge in [0.05, 0.1) is 12.5 Å². The number of nitrogens with one attached hydrogen (secondary N) is 1. The number of carbonyl (C=O) groups is 2. The van der Waals surface area contributed by atoms with Crippen molar-refractivity contribution in [2.24, 2.45) is 5.92 Å². The SMILES string of the molecule is CC1CC1c1ccc(CN(C(=O)C2CC(=O)Nc3ccccc32)C2CC2)o1. The third-order valence-corrected chi connectivity index (χ3v) is 6.05. The Balaban J connectivity index is 1.38. The van der Waals surface area contributed by atoms with Gasteiger partial charge in [0.1, 0.15) is 11.5 Å². The van der Waals surface area contributed by atoms with E-state index < -0.39 is 5.92 Å². The zero-order chi connectivity index (χ0) is 18.5. The van der Waals surface area contributed by atoms with Crippen LogP contribution in [-0.4, -0.2) is 22.8 Å². The van der Waals surface area contributed by atoms with E-state index in [2.05, 4.69) is 18.3 Å². The standard InChI is InChI=1S/C22H24N2O3/c1-13-10-17(13)20-9-8-15(27-20)12-24(14-6-7-14)22(26)18-11-21(25)23-19-5-3-2-4-16(18)19/h2-5,8-9,13-14,17-18H,6-7,10-12H2,1H3,(H,23,25). The molecule has 3 unspecified atom stereocenters. The topological polar surface area (TPSA) is 62.6 Å². The lowest BCUT2D eigenvalue weighted by molar-refractivity contribution is -0.136. The molecule has 0 radical (unpaired) electrons. The summed E-state index contributed by atoms with van der Waals surface area (Å²) in [6, 6.07) is 11.9. The summed E-state index contributed by atoms with van der Waals surface area (Å²) in [6.45, 7) is 2.73. The average molecular weight is 364 g/mol. The summed E-state index contributed by atoms with van der Waals surface area (Å²) in [4.78, 5) is 27.5. The first kappa shape index (κ1) is 16.6. The van der Waals surface area contributed by atoms with Gasteiger partial charge >= 0.3 is 0 Å². The first-order chi connectivity index (χ1) is 13.1. The number of furan rings is 1. The number of rotatable bonds is 5. The van der Waals surface area contributed by atoms with Crippen molar-refractivity contribution in [2.75, 3.05) is 5.32 Å². The van der Waals surface area contributed by atoms with E-state index in [4.69, 9.17) is 4.42 Å². The number of carbonyl (C=O) groups excluding carboxylic acids is 2. The second-order valence-corrected chi connectivity index (χ2v) is 8.21. The van der Waals surface area contributed by atoms with E-state index in [1.54, 1.807) is 0 Å². The number of fused-ring (bicyclic) bond motifs is 1. The molecule has 5 nitrogen and oxygen atoms in total. The van der Waals surface area contributed by atoms with Crippen LogP contribution in [0.2, 0.25) is 0 Å². The number of benzene rings is 1. The molecule has 2 fully saturated rings. The van der Waals surface area contributed by atoms with E-state index in [-0.39, 0.29) is 24.3 Å². The van der Waals surface area contributed by atoms with Gasteiger partial charge in [-0.15, -0.1) is 0 Å². The molecule has 1 aromatic heterocycles. The maximum atomic E-state index is 13.4. The van der Waals surface area contributed by atoms with Gasteiger partial charge in [0.15, 0.2) is 0 Å². The molecule has 5 heteroatoms. The number of hydrogen-bond acceptors (Lipinski definition) is 3. The molecule has 3 atom stereocenters. The summed E-state index contributed by atoms with van der Waals surface area (Å²) in [6.07, 6.45) is 3.45. The normalized spacial score (nSPS) is 26.3. The maximum Gasteiger partial charge on any atom is 0.231 e. The number of amides is 2. The third kappa shape index (κ3) is 3.15. The molecule has 0 spiro atoms. The van der Waals surface area contributed by atoms with Gasteiger partial charge in [-0.2, -0.15) is 0 Å². The minimum atomic E-state index is -0.409. The van der Waals surface area contributed by atoms with Crippen LogP contribution in [0.3, 0.4) is 0 Å². The molecule has 1 aromatic carbocycles. The molecular formula is C22H24N2O3. The second-order valence-electron chi connectivity index (χ2n) is 8.21. The van der Waals surface area contributed by atoms with Crippen LogP contribution in [0.5, 0.6) is 0 Å². The fraction of sp³-hybridized carbons (Fsp3) is 0.455. The van der Waals surface area contributed by atoms with Crippen molar-refractivity contribution in [3.8, 4) is 0 Å². The summed E-state index contributed by atoms with van der Waals surface area (Å²) < 4.78 is 6.04. The number of hydrogen-bond donors (Lipinski definition) is 1. The largest absolute Gasteiger partial charge is 0.464 e. The van der Waals surface area contributed by atoms with Crippen LogP contribution in [0, 0.1) is 5.92 Å². The summed E-state index contributed by atoms with van der Waals surface area (Å²) in [5.41, 5.74) is 1.67. The van der Waals surface area contributed by atoms with Gasteiger partial charge in [-0.1, -0.05) is 25.1 Å². The summed E-state index contributed by atoms with van der Waals surface area (Å²) >= 11 is 0. The smallest absolute Gasteiger partial charge is 0.231 e. The molecule has 0 saturated heterocycles. The first-order valence-electron chi connectivity index (χ1n) is 9.88. The van der Waals surface area contributed by atoms with E-state index in [9.17, 15) is 9.59 Å². The monoisotopic (exact) mass is 364 g/mol. The average Bonchev–Trinajstić information content (AvgIpc) is 3.58. The van der Waals surface area contributed by atoms with Crippen molar-refractivity contribution < 1.29 is 14.0 Å². The lowest BCUT2D eigenvalue weighted by atomic mass is 9.89. The van der Waals surface area contributed by atoms with E-state index in [0.29, 0.717) is 18.4 Å². The molecule has 2 amide bonds. The van der Waals surface area contributed by atoms with Crippen LogP contribution in [0.4, 0.5) is 5.69 Å². The summed E-state index contributed by atoms with van der Waals surface area (Å²) in [5, 5.41) is 2.88. The van der Waals surface area contributed by atoms with E-state index in [1.165, 1.54) is 6.42 Å². The van der Waals surface area contributed by atoms with Crippen molar-refractivity contribution in [2.45, 2.75) is 57.0 Å². The fourth-order valence-corrected chi connectivity index (χ4v) is 4.17. The van der Waals surface area contributed by atoms with Crippen molar-refractivity contribution in [1.29, 1.82) is 0 Å². The summed E-state index contributed by atoms with van der Waals surface area (Å²) in [5.74, 6) is 2.66. The van der Waals surface area contributed by atoms with E-state index >= 15 is 0 Å². The maximum absolute atomic E-state index is 13.4. The Morgan fingerprint density at radius 1 is 1.22 bits per heavy atom. The van der Waals surface area contributed by atoms with Crippen LogP contribution >= 0.6 is 0 Å². The predicted molar refractivity (Wildman–Crippen MR) is 101 cm³/mol. The molecule has 3 aliphatic rings. The minimum absolute atomic E-state index is 0.0394. The van der Waals surface area contributed by atoms with Gasteiger partial charge in [0.25, 0.3) is 0 Å². The van der Waals surface area contributed by atoms with Gasteiger partial charge in [0, 0.05) is 24.1 Å². The highest BCUT2D eigenvalue weighted by Crippen LogP contribution is 2.47. The molecule has 1 N–H and O–H groups in total. The highest BCUT2D eigenvalue weighted by atomic mass is 16.3. The van der Waals surface area contributed by atoms with Gasteiger partial charge < -0.3 is 14.6 Å². The molecule has 2 heterocycles. The van der Waals surface area contributed by atoms with Crippen LogP contribution in [-0.2, 0) is 16.1 Å². The van der Waals surface area contributed by atoms with Crippen molar-refractivity contribution in [3.63, 3.8) is 0 Å². The van der Waals surface area contributed by atoms with Crippen molar-refractivity contribution in [1.82, 2.24) is 4.90 Å². The van der Waals surface area contributed by atoms with Crippen LogP contribution in [0.25, 0.3) is 0 Å². The lowest BCUT2D eigenvalue weighted by Gasteiger charge is -2.30. The molecule has 5 rings (SSSR count). The van der Waals surface area contributed by atoms with Crippen molar-refractivity contribution in [3.05, 3.63) is 53.5 Å². The number of anilines is 1. The molecule has 0 bridgehead atoms. The highest BCUT2D eigenvalue weighted by Gasteiger charge is 2.40. The number of nitrogens with zero attached hydrogens (tertiary/aromatic N) is 1. The van der Waals surface area contributed by atoms with E-state index in [1.807, 2.05) is 35.2 Å².